The second kappa shape index (κ2) is 5.45. The maximum absolute atomic E-state index is 12.6. The SMILES string of the molecule is CCOc1ccc2[nH]c(C)c(C[NH+](C)C)c(=O)c2c1. The Hall–Kier alpha value is -1.81. The molecule has 2 rings (SSSR count). The summed E-state index contributed by atoms with van der Waals surface area (Å²) in [5, 5.41) is 0.702. The van der Waals surface area contributed by atoms with E-state index in [4.69, 9.17) is 4.74 Å². The minimum Gasteiger partial charge on any atom is -0.494 e. The topological polar surface area (TPSA) is 46.5 Å². The van der Waals surface area contributed by atoms with Crippen molar-refractivity contribution in [2.45, 2.75) is 20.4 Å². The van der Waals surface area contributed by atoms with Gasteiger partial charge >= 0.3 is 0 Å². The van der Waals surface area contributed by atoms with E-state index in [1.807, 2.05) is 46.1 Å². The zero-order valence-electron chi connectivity index (χ0n) is 12.0. The first-order valence-electron chi connectivity index (χ1n) is 6.60. The quantitative estimate of drug-likeness (QED) is 0.858. The number of rotatable bonds is 4. The van der Waals surface area contributed by atoms with Gasteiger partial charge in [-0.15, -0.1) is 0 Å². The molecule has 4 heteroatoms. The minimum atomic E-state index is 0.106. The van der Waals surface area contributed by atoms with Gasteiger partial charge in [0.25, 0.3) is 0 Å². The molecule has 102 valence electrons. The zero-order chi connectivity index (χ0) is 14.0. The minimum absolute atomic E-state index is 0.106. The predicted molar refractivity (Wildman–Crippen MR) is 77.0 cm³/mol. The van der Waals surface area contributed by atoms with Gasteiger partial charge in [-0.25, -0.2) is 0 Å². The first-order valence-corrected chi connectivity index (χ1v) is 6.60. The van der Waals surface area contributed by atoms with Crippen LogP contribution in [0.2, 0.25) is 0 Å². The Balaban J connectivity index is 2.62. The molecular weight excluding hydrogens is 240 g/mol. The van der Waals surface area contributed by atoms with Crippen LogP contribution >= 0.6 is 0 Å². The van der Waals surface area contributed by atoms with E-state index in [2.05, 4.69) is 4.98 Å². The van der Waals surface area contributed by atoms with Gasteiger partial charge in [0.1, 0.15) is 12.3 Å². The third-order valence-corrected chi connectivity index (χ3v) is 3.13. The number of hydrogen-bond acceptors (Lipinski definition) is 2. The van der Waals surface area contributed by atoms with Crippen molar-refractivity contribution in [2.75, 3.05) is 20.7 Å². The number of aromatic amines is 1. The van der Waals surface area contributed by atoms with Gasteiger partial charge in [0.15, 0.2) is 5.43 Å². The molecule has 4 nitrogen and oxygen atoms in total. The third-order valence-electron chi connectivity index (χ3n) is 3.13. The first kappa shape index (κ1) is 13.6. The summed E-state index contributed by atoms with van der Waals surface area (Å²) in [6, 6.07) is 5.62. The van der Waals surface area contributed by atoms with Crippen LogP contribution in [0.15, 0.2) is 23.0 Å². The van der Waals surface area contributed by atoms with Crippen molar-refractivity contribution in [3.05, 3.63) is 39.7 Å². The molecule has 0 aliphatic rings. The summed E-state index contributed by atoms with van der Waals surface area (Å²) in [7, 11) is 4.08. The van der Waals surface area contributed by atoms with E-state index in [1.54, 1.807) is 0 Å². The van der Waals surface area contributed by atoms with Crippen molar-refractivity contribution in [1.82, 2.24) is 4.98 Å². The summed E-state index contributed by atoms with van der Waals surface area (Å²) >= 11 is 0. The smallest absolute Gasteiger partial charge is 0.198 e. The van der Waals surface area contributed by atoms with Crippen LogP contribution in [0.4, 0.5) is 0 Å². The molecule has 0 unspecified atom stereocenters. The van der Waals surface area contributed by atoms with Crippen molar-refractivity contribution >= 4 is 10.9 Å². The summed E-state index contributed by atoms with van der Waals surface area (Å²) in [4.78, 5) is 17.1. The van der Waals surface area contributed by atoms with E-state index in [-0.39, 0.29) is 5.43 Å². The summed E-state index contributed by atoms with van der Waals surface area (Å²) in [6.07, 6.45) is 0. The monoisotopic (exact) mass is 261 g/mol. The highest BCUT2D eigenvalue weighted by molar-refractivity contribution is 5.81. The molecule has 19 heavy (non-hydrogen) atoms. The first-order chi connectivity index (χ1) is 9.02. The molecule has 0 saturated carbocycles. The lowest BCUT2D eigenvalue weighted by Gasteiger charge is -2.11. The molecule has 0 aliphatic carbocycles. The lowest BCUT2D eigenvalue weighted by molar-refractivity contribution is -0.872. The summed E-state index contributed by atoms with van der Waals surface area (Å²) in [6.45, 7) is 5.21. The fourth-order valence-corrected chi connectivity index (χ4v) is 2.25. The number of fused-ring (bicyclic) bond motifs is 1. The van der Waals surface area contributed by atoms with E-state index in [9.17, 15) is 4.79 Å². The molecule has 0 spiro atoms. The number of aryl methyl sites for hydroxylation is 1. The maximum atomic E-state index is 12.6. The Labute approximate surface area is 113 Å². The highest BCUT2D eigenvalue weighted by Crippen LogP contribution is 2.18. The van der Waals surface area contributed by atoms with Crippen LogP contribution in [-0.4, -0.2) is 25.7 Å². The van der Waals surface area contributed by atoms with Crippen LogP contribution < -0.4 is 15.1 Å². The lowest BCUT2D eigenvalue weighted by Crippen LogP contribution is -3.04. The fourth-order valence-electron chi connectivity index (χ4n) is 2.25. The maximum Gasteiger partial charge on any atom is 0.198 e. The summed E-state index contributed by atoms with van der Waals surface area (Å²) in [5.41, 5.74) is 2.77. The van der Waals surface area contributed by atoms with Gasteiger partial charge in [-0.3, -0.25) is 4.79 Å². The van der Waals surface area contributed by atoms with Gasteiger partial charge in [-0.05, 0) is 32.0 Å². The van der Waals surface area contributed by atoms with E-state index in [0.29, 0.717) is 12.0 Å². The van der Waals surface area contributed by atoms with E-state index < -0.39 is 0 Å². The second-order valence-electron chi connectivity index (χ2n) is 5.08. The van der Waals surface area contributed by atoms with Crippen molar-refractivity contribution in [3.63, 3.8) is 0 Å². The van der Waals surface area contributed by atoms with Crippen LogP contribution in [-0.2, 0) is 6.54 Å². The number of benzene rings is 1. The standard InChI is InChI=1S/C15H20N2O2/c1-5-19-11-6-7-14-12(8-11)15(18)13(9-17(3)4)10(2)16-14/h6-8H,5,9H2,1-4H3,(H,16,18)/p+1. The molecule has 0 atom stereocenters. The van der Waals surface area contributed by atoms with Crippen LogP contribution in [0, 0.1) is 6.92 Å². The predicted octanol–water partition coefficient (Wildman–Crippen LogP) is 0.880. The Morgan fingerprint density at radius 1 is 1.32 bits per heavy atom. The number of aromatic nitrogens is 1. The van der Waals surface area contributed by atoms with Gasteiger partial charge in [-0.1, -0.05) is 0 Å². The molecule has 0 fully saturated rings. The van der Waals surface area contributed by atoms with Gasteiger partial charge in [-0.2, -0.15) is 0 Å². The normalized spacial score (nSPS) is 11.2. The molecule has 0 bridgehead atoms. The molecule has 0 saturated heterocycles. The summed E-state index contributed by atoms with van der Waals surface area (Å²) in [5.74, 6) is 0.743. The number of H-pyrrole nitrogens is 1. The molecule has 0 amide bonds. The van der Waals surface area contributed by atoms with E-state index in [1.165, 1.54) is 4.90 Å². The number of ether oxygens (including phenoxy) is 1. The molecule has 2 N–H and O–H groups in total. The Bertz CT molecular complexity index is 644. The molecule has 0 radical (unpaired) electrons. The zero-order valence-corrected chi connectivity index (χ0v) is 12.0. The Morgan fingerprint density at radius 2 is 2.05 bits per heavy atom. The van der Waals surface area contributed by atoms with Gasteiger partial charge in [0, 0.05) is 16.6 Å². The molecular formula is C15H21N2O2+. The molecule has 0 aliphatic heterocycles. The average molecular weight is 261 g/mol. The van der Waals surface area contributed by atoms with Gasteiger partial charge < -0.3 is 14.6 Å². The highest BCUT2D eigenvalue weighted by atomic mass is 16.5. The van der Waals surface area contributed by atoms with Crippen molar-refractivity contribution in [3.8, 4) is 5.75 Å². The van der Waals surface area contributed by atoms with Crippen molar-refractivity contribution in [2.24, 2.45) is 0 Å². The fraction of sp³-hybridized carbons (Fsp3) is 0.400. The van der Waals surface area contributed by atoms with Crippen LogP contribution in [0.5, 0.6) is 5.75 Å². The van der Waals surface area contributed by atoms with E-state index in [0.717, 1.165) is 29.1 Å². The van der Waals surface area contributed by atoms with Gasteiger partial charge in [0.05, 0.1) is 26.3 Å². The largest absolute Gasteiger partial charge is 0.494 e. The van der Waals surface area contributed by atoms with Crippen LogP contribution in [0.3, 0.4) is 0 Å². The highest BCUT2D eigenvalue weighted by Gasteiger charge is 2.12. The number of quaternary nitrogens is 1. The van der Waals surface area contributed by atoms with Gasteiger partial charge in [0.2, 0.25) is 0 Å². The second-order valence-corrected chi connectivity index (χ2v) is 5.08. The van der Waals surface area contributed by atoms with Crippen molar-refractivity contribution in [1.29, 1.82) is 0 Å². The van der Waals surface area contributed by atoms with Crippen LogP contribution in [0.25, 0.3) is 10.9 Å². The van der Waals surface area contributed by atoms with E-state index >= 15 is 0 Å². The molecule has 1 heterocycles. The number of pyridine rings is 1. The molecule has 1 aromatic heterocycles. The Kier molecular flexibility index (Phi) is 3.90. The third kappa shape index (κ3) is 2.79. The number of hydrogen-bond donors (Lipinski definition) is 2. The number of nitrogens with one attached hydrogen (secondary N) is 2. The average Bonchev–Trinajstić information content (AvgIpc) is 2.35. The lowest BCUT2D eigenvalue weighted by atomic mass is 10.1. The summed E-state index contributed by atoms with van der Waals surface area (Å²) < 4.78 is 5.46. The van der Waals surface area contributed by atoms with Crippen molar-refractivity contribution < 1.29 is 9.64 Å². The molecule has 2 aromatic rings. The van der Waals surface area contributed by atoms with Crippen LogP contribution in [0.1, 0.15) is 18.2 Å². The molecule has 1 aromatic carbocycles. The Morgan fingerprint density at radius 3 is 2.68 bits per heavy atom.